The Balaban J connectivity index is 2.04. The number of nitrogens with zero attached hydrogens (tertiary/aromatic N) is 1. The second-order valence-corrected chi connectivity index (χ2v) is 5.32. The van der Waals surface area contributed by atoms with Crippen LogP contribution in [0.25, 0.3) is 0 Å². The molecule has 1 aromatic rings. The van der Waals surface area contributed by atoms with E-state index in [0.29, 0.717) is 25.7 Å². The first-order valence-electron chi connectivity index (χ1n) is 7.35. The number of carbonyl (C=O) groups is 1. The van der Waals surface area contributed by atoms with Crippen molar-refractivity contribution in [2.24, 2.45) is 0 Å². The molecule has 9 heteroatoms. The molecule has 0 bridgehead atoms. The average Bonchev–Trinajstić information content (AvgIpc) is 2.54. The first kappa shape index (κ1) is 18.5. The van der Waals surface area contributed by atoms with Gasteiger partial charge in [-0.05, 0) is 18.6 Å². The molecule has 0 aliphatic carbocycles. The molecule has 0 saturated carbocycles. The number of benzene rings is 1. The predicted molar refractivity (Wildman–Crippen MR) is 78.2 cm³/mol. The monoisotopic (exact) mass is 350 g/mol. The van der Waals surface area contributed by atoms with E-state index in [2.05, 4.69) is 5.32 Å². The van der Waals surface area contributed by atoms with Crippen molar-refractivity contribution >= 4 is 11.7 Å². The van der Waals surface area contributed by atoms with Gasteiger partial charge < -0.3 is 19.7 Å². The van der Waals surface area contributed by atoms with Gasteiger partial charge in [-0.3, -0.25) is 0 Å². The number of nitrogens with one attached hydrogen (secondary N) is 1. The molecular weight excluding hydrogens is 332 g/mol. The van der Waals surface area contributed by atoms with E-state index in [1.807, 2.05) is 0 Å². The van der Waals surface area contributed by atoms with E-state index >= 15 is 0 Å². The third kappa shape index (κ3) is 4.57. The molecule has 5 nitrogen and oxygen atoms in total. The number of amides is 2. The first-order chi connectivity index (χ1) is 11.3. The number of hydrogen-bond donors (Lipinski definition) is 1. The summed E-state index contributed by atoms with van der Waals surface area (Å²) in [5.41, 5.74) is -1.92. The summed E-state index contributed by atoms with van der Waals surface area (Å²) in [6, 6.07) is 2.09. The minimum Gasteiger partial charge on any atom is -0.385 e. The van der Waals surface area contributed by atoms with E-state index in [1.54, 1.807) is 7.11 Å². The smallest absolute Gasteiger partial charge is 0.385 e. The zero-order chi connectivity index (χ0) is 17.7. The van der Waals surface area contributed by atoms with Crippen molar-refractivity contribution in [1.82, 2.24) is 4.90 Å². The fourth-order valence-electron chi connectivity index (χ4n) is 2.37. The highest BCUT2D eigenvalue weighted by Gasteiger charge is 2.35. The number of urea groups is 1. The van der Waals surface area contributed by atoms with Crippen molar-refractivity contribution < 1.29 is 31.8 Å². The molecule has 0 aromatic heterocycles. The molecule has 0 radical (unpaired) electrons. The highest BCUT2D eigenvalue weighted by atomic mass is 19.4. The highest BCUT2D eigenvalue weighted by molar-refractivity contribution is 5.89. The van der Waals surface area contributed by atoms with Gasteiger partial charge in [0.1, 0.15) is 0 Å². The summed E-state index contributed by atoms with van der Waals surface area (Å²) in [4.78, 5) is 13.6. The topological polar surface area (TPSA) is 50.8 Å². The molecule has 2 rings (SSSR count). The Morgan fingerprint density at radius 2 is 2.21 bits per heavy atom. The van der Waals surface area contributed by atoms with Crippen molar-refractivity contribution in [1.29, 1.82) is 0 Å². The molecule has 1 atom stereocenters. The van der Waals surface area contributed by atoms with Gasteiger partial charge in [0.15, 0.2) is 5.82 Å². The second kappa shape index (κ2) is 7.80. The maximum Gasteiger partial charge on any atom is 0.419 e. The van der Waals surface area contributed by atoms with Gasteiger partial charge in [0.25, 0.3) is 0 Å². The van der Waals surface area contributed by atoms with Gasteiger partial charge in [-0.2, -0.15) is 13.2 Å². The molecule has 0 unspecified atom stereocenters. The number of methoxy groups -OCH3 is 1. The van der Waals surface area contributed by atoms with Crippen LogP contribution in [0.3, 0.4) is 0 Å². The number of rotatable bonds is 4. The molecule has 1 N–H and O–H groups in total. The first-order valence-corrected chi connectivity index (χ1v) is 7.35. The van der Waals surface area contributed by atoms with Gasteiger partial charge in [-0.15, -0.1) is 0 Å². The zero-order valence-corrected chi connectivity index (χ0v) is 13.0. The number of anilines is 1. The Hall–Kier alpha value is -1.87. The van der Waals surface area contributed by atoms with E-state index in [0.717, 1.165) is 12.1 Å². The van der Waals surface area contributed by atoms with Gasteiger partial charge in [-0.25, -0.2) is 9.18 Å². The zero-order valence-electron chi connectivity index (χ0n) is 13.0. The fourth-order valence-corrected chi connectivity index (χ4v) is 2.37. The van der Waals surface area contributed by atoms with Crippen LogP contribution in [0.1, 0.15) is 12.0 Å². The summed E-state index contributed by atoms with van der Waals surface area (Å²) in [7, 11) is 1.55. The molecule has 1 aliphatic rings. The van der Waals surface area contributed by atoms with Crippen LogP contribution in [0, 0.1) is 5.82 Å². The SMILES string of the molecule is COCC[C@@H]1CN(C(=O)Nc2cccc(C(F)(F)F)c2F)CCO1. The largest absolute Gasteiger partial charge is 0.419 e. The van der Waals surface area contributed by atoms with Gasteiger partial charge in [-0.1, -0.05) is 6.07 Å². The Morgan fingerprint density at radius 3 is 2.88 bits per heavy atom. The van der Waals surface area contributed by atoms with Crippen LogP contribution in [-0.2, 0) is 15.7 Å². The van der Waals surface area contributed by atoms with Crippen molar-refractivity contribution in [3.63, 3.8) is 0 Å². The Labute approximate surface area is 136 Å². The maximum atomic E-state index is 13.9. The molecule has 0 spiro atoms. The lowest BCUT2D eigenvalue weighted by molar-refractivity contribution is -0.139. The lowest BCUT2D eigenvalue weighted by Gasteiger charge is -2.33. The number of ether oxygens (including phenoxy) is 2. The van der Waals surface area contributed by atoms with Crippen LogP contribution in [0.4, 0.5) is 28.0 Å². The summed E-state index contributed by atoms with van der Waals surface area (Å²) in [6.45, 7) is 1.29. The van der Waals surface area contributed by atoms with Crippen LogP contribution in [0.2, 0.25) is 0 Å². The number of hydrogen-bond acceptors (Lipinski definition) is 3. The number of alkyl halides is 3. The number of morpholine rings is 1. The lowest BCUT2D eigenvalue weighted by atomic mass is 10.1. The van der Waals surface area contributed by atoms with Gasteiger partial charge in [0, 0.05) is 26.8 Å². The van der Waals surface area contributed by atoms with E-state index in [4.69, 9.17) is 9.47 Å². The Morgan fingerprint density at radius 1 is 1.46 bits per heavy atom. The van der Waals surface area contributed by atoms with E-state index in [9.17, 15) is 22.4 Å². The molecule has 1 saturated heterocycles. The Kier molecular flexibility index (Phi) is 6.00. The predicted octanol–water partition coefficient (Wildman–Crippen LogP) is 3.11. The van der Waals surface area contributed by atoms with Crippen LogP contribution < -0.4 is 5.32 Å². The Bertz CT molecular complexity index is 580. The molecule has 1 fully saturated rings. The van der Waals surface area contributed by atoms with Crippen LogP contribution >= 0.6 is 0 Å². The van der Waals surface area contributed by atoms with Gasteiger partial charge >= 0.3 is 12.2 Å². The molecule has 1 aliphatic heterocycles. The van der Waals surface area contributed by atoms with E-state index < -0.39 is 29.3 Å². The number of carbonyl (C=O) groups excluding carboxylic acids is 1. The van der Waals surface area contributed by atoms with E-state index in [1.165, 1.54) is 4.90 Å². The maximum absolute atomic E-state index is 13.9. The molecule has 1 aromatic carbocycles. The lowest BCUT2D eigenvalue weighted by Crippen LogP contribution is -2.47. The van der Waals surface area contributed by atoms with Crippen LogP contribution in [0.5, 0.6) is 0 Å². The molecule has 24 heavy (non-hydrogen) atoms. The fraction of sp³-hybridized carbons (Fsp3) is 0.533. The van der Waals surface area contributed by atoms with E-state index in [-0.39, 0.29) is 19.2 Å². The summed E-state index contributed by atoms with van der Waals surface area (Å²) in [5.74, 6) is -1.50. The summed E-state index contributed by atoms with van der Waals surface area (Å²) < 4.78 is 62.5. The normalized spacial score (nSPS) is 18.5. The third-order valence-corrected chi connectivity index (χ3v) is 3.62. The summed E-state index contributed by atoms with van der Waals surface area (Å²) in [5, 5.41) is 2.19. The minimum atomic E-state index is -4.82. The average molecular weight is 350 g/mol. The third-order valence-electron chi connectivity index (χ3n) is 3.62. The van der Waals surface area contributed by atoms with Crippen LogP contribution in [0.15, 0.2) is 18.2 Å². The van der Waals surface area contributed by atoms with Gasteiger partial charge in [0.2, 0.25) is 0 Å². The second-order valence-electron chi connectivity index (χ2n) is 5.32. The molecule has 1 heterocycles. The van der Waals surface area contributed by atoms with Gasteiger partial charge in [0.05, 0.1) is 24.0 Å². The van der Waals surface area contributed by atoms with Crippen molar-refractivity contribution in [3.8, 4) is 0 Å². The highest BCUT2D eigenvalue weighted by Crippen LogP contribution is 2.33. The summed E-state index contributed by atoms with van der Waals surface area (Å²) >= 11 is 0. The standard InChI is InChI=1S/C15H18F4N2O3/c1-23-7-5-10-9-21(6-8-24-10)14(22)20-12-4-2-3-11(13(12)16)15(17,18)19/h2-4,10H,5-9H2,1H3,(H,20,22)/t10-/m1/s1. The quantitative estimate of drug-likeness (QED) is 0.849. The van der Waals surface area contributed by atoms with Crippen LogP contribution in [-0.4, -0.2) is 50.4 Å². The molecule has 134 valence electrons. The van der Waals surface area contributed by atoms with Crippen molar-refractivity contribution in [3.05, 3.63) is 29.6 Å². The molecule has 2 amide bonds. The number of halogens is 4. The summed E-state index contributed by atoms with van der Waals surface area (Å²) in [6.07, 6.45) is -4.47. The van der Waals surface area contributed by atoms with Crippen molar-refractivity contribution in [2.45, 2.75) is 18.7 Å². The minimum absolute atomic E-state index is 0.226. The molecular formula is C15H18F4N2O3. The van der Waals surface area contributed by atoms with Crippen molar-refractivity contribution in [2.75, 3.05) is 38.7 Å².